The molecule has 266 valence electrons. The zero-order valence-corrected chi connectivity index (χ0v) is 28.4. The van der Waals surface area contributed by atoms with Crippen molar-refractivity contribution in [3.8, 4) is 5.75 Å². The number of halogens is 3. The third kappa shape index (κ3) is 11.3. The predicted molar refractivity (Wildman–Crippen MR) is 177 cm³/mol. The van der Waals surface area contributed by atoms with Crippen LogP contribution in [0.5, 0.6) is 5.75 Å². The summed E-state index contributed by atoms with van der Waals surface area (Å²) in [7, 11) is 1.69. The number of ether oxygens (including phenoxy) is 2. The van der Waals surface area contributed by atoms with Crippen LogP contribution in [0.4, 0.5) is 34.1 Å². The molecule has 0 aliphatic carbocycles. The first-order chi connectivity index (χ1) is 22.6. The quantitative estimate of drug-likeness (QED) is 0.276. The number of alkyl halides is 3. The number of hydrogen-bond donors (Lipinski definition) is 4. The van der Waals surface area contributed by atoms with Crippen LogP contribution >= 0.6 is 0 Å². The van der Waals surface area contributed by atoms with Gasteiger partial charge >= 0.3 is 18.2 Å². The van der Waals surface area contributed by atoms with Gasteiger partial charge in [-0.1, -0.05) is 6.92 Å². The van der Waals surface area contributed by atoms with Crippen LogP contribution in [0.3, 0.4) is 0 Å². The normalized spacial score (nSPS) is 20.2. The van der Waals surface area contributed by atoms with Crippen molar-refractivity contribution in [1.82, 2.24) is 15.1 Å². The summed E-state index contributed by atoms with van der Waals surface area (Å²) in [4.78, 5) is 42.8. The number of aliphatic hydroxyl groups excluding tert-OH is 1. The highest BCUT2D eigenvalue weighted by Crippen LogP contribution is 2.31. The summed E-state index contributed by atoms with van der Waals surface area (Å²) in [5.41, 5.74) is -0.296. The first kappa shape index (κ1) is 38.4. The van der Waals surface area contributed by atoms with Gasteiger partial charge in [-0.3, -0.25) is 4.79 Å². The lowest BCUT2D eigenvalue weighted by Crippen LogP contribution is -2.49. The first-order valence-electron chi connectivity index (χ1n) is 16.2. The molecule has 4 N–H and O–H groups in total. The van der Waals surface area contributed by atoms with E-state index in [-0.39, 0.29) is 60.7 Å². The van der Waals surface area contributed by atoms with Gasteiger partial charge in [0.05, 0.1) is 36.0 Å². The molecule has 0 fully saturated rings. The van der Waals surface area contributed by atoms with E-state index in [0.717, 1.165) is 37.1 Å². The van der Waals surface area contributed by atoms with E-state index >= 15 is 0 Å². The Labute approximate surface area is 280 Å². The number of urea groups is 2. The number of amides is 5. The summed E-state index contributed by atoms with van der Waals surface area (Å²) < 4.78 is 51.3. The Kier molecular flexibility index (Phi) is 13.9. The van der Waals surface area contributed by atoms with Crippen LogP contribution < -0.4 is 20.7 Å². The smallest absolute Gasteiger partial charge is 0.416 e. The molecule has 5 amide bonds. The van der Waals surface area contributed by atoms with Crippen molar-refractivity contribution < 1.29 is 42.1 Å². The number of nitrogens with one attached hydrogen (secondary N) is 3. The van der Waals surface area contributed by atoms with Gasteiger partial charge in [0.25, 0.3) is 5.91 Å². The second-order valence-electron chi connectivity index (χ2n) is 12.6. The summed E-state index contributed by atoms with van der Waals surface area (Å²) in [6.45, 7) is 9.91. The highest BCUT2D eigenvalue weighted by Gasteiger charge is 2.32. The predicted octanol–water partition coefficient (Wildman–Crippen LogP) is 6.19. The van der Waals surface area contributed by atoms with Crippen molar-refractivity contribution in [3.63, 3.8) is 0 Å². The Hall–Kier alpha value is -4.04. The van der Waals surface area contributed by atoms with E-state index in [0.29, 0.717) is 18.8 Å². The highest BCUT2D eigenvalue weighted by molar-refractivity contribution is 6.02. The van der Waals surface area contributed by atoms with E-state index < -0.39 is 35.8 Å². The van der Waals surface area contributed by atoms with Gasteiger partial charge in [0, 0.05) is 50.1 Å². The first-order valence-corrected chi connectivity index (χ1v) is 16.2. The molecule has 0 saturated heterocycles. The van der Waals surface area contributed by atoms with E-state index in [1.807, 2.05) is 27.7 Å². The summed E-state index contributed by atoms with van der Waals surface area (Å²) in [5.74, 6) is -0.391. The van der Waals surface area contributed by atoms with Crippen molar-refractivity contribution in [2.24, 2.45) is 5.92 Å². The number of carbonyl (C=O) groups is 3. The fraction of sp³-hybridized carbons (Fsp3) is 0.559. The van der Waals surface area contributed by atoms with E-state index in [1.165, 1.54) is 11.0 Å². The Morgan fingerprint density at radius 2 is 1.69 bits per heavy atom. The number of likely N-dealkylation sites (N-methyl/N-ethyl adjacent to an activating group) is 1. The maximum atomic E-state index is 14.3. The molecule has 2 aromatic carbocycles. The minimum absolute atomic E-state index is 0.0413. The standard InChI is InChI=1S/C34H48F3N5O6/c1-21(2)38-33(46)41(6)19-30-22(3)18-42(23(4)20-43)31(44)28-17-27(14-15-29(28)48-24(5)9-7-8-16-47-30)40-32(45)39-26-12-10-25(11-13-26)34(35,36)37/h10-15,17,21-24,30,43H,7-9,16,18-20H2,1-6H3,(H,38,46)(H2,39,40,45)/t22-,23+,24+,30+/m0/s1. The molecule has 2 aromatic rings. The second kappa shape index (κ2) is 17.4. The third-order valence-electron chi connectivity index (χ3n) is 7.99. The molecule has 14 heteroatoms. The van der Waals surface area contributed by atoms with Gasteiger partial charge in [-0.15, -0.1) is 0 Å². The average molecular weight is 680 g/mol. The van der Waals surface area contributed by atoms with Gasteiger partial charge in [-0.2, -0.15) is 13.2 Å². The minimum atomic E-state index is -4.50. The number of nitrogens with zero attached hydrogens (tertiary/aromatic N) is 2. The van der Waals surface area contributed by atoms with Gasteiger partial charge in [0.15, 0.2) is 0 Å². The molecule has 0 aromatic heterocycles. The molecular weight excluding hydrogens is 631 g/mol. The zero-order chi connectivity index (χ0) is 35.6. The number of aliphatic hydroxyl groups is 1. The monoisotopic (exact) mass is 679 g/mol. The number of benzene rings is 2. The number of fused-ring (bicyclic) bond motifs is 1. The molecule has 0 unspecified atom stereocenters. The van der Waals surface area contributed by atoms with Gasteiger partial charge in [0.2, 0.25) is 0 Å². The van der Waals surface area contributed by atoms with Crippen LogP contribution in [-0.2, 0) is 10.9 Å². The second-order valence-corrected chi connectivity index (χ2v) is 12.6. The number of anilines is 2. The fourth-order valence-electron chi connectivity index (χ4n) is 5.21. The SMILES string of the molecule is CC(C)NC(=O)N(C)C[C@H]1OCCCC[C@@H](C)Oc2ccc(NC(=O)Nc3ccc(C(F)(F)F)cc3)cc2C(=O)N([C@H](C)CO)C[C@@H]1C. The molecule has 1 aliphatic heterocycles. The van der Waals surface area contributed by atoms with Crippen molar-refractivity contribution in [2.45, 2.75) is 84.3 Å². The Balaban J connectivity index is 1.89. The maximum Gasteiger partial charge on any atom is 0.416 e. The van der Waals surface area contributed by atoms with Gasteiger partial charge in [-0.25, -0.2) is 9.59 Å². The van der Waals surface area contributed by atoms with Gasteiger partial charge in [-0.05, 0) is 89.4 Å². The van der Waals surface area contributed by atoms with Crippen molar-refractivity contribution >= 4 is 29.3 Å². The molecule has 0 spiro atoms. The Bertz CT molecular complexity index is 1370. The van der Waals surface area contributed by atoms with Gasteiger partial charge in [0.1, 0.15) is 5.75 Å². The number of hydrogen-bond acceptors (Lipinski definition) is 6. The summed E-state index contributed by atoms with van der Waals surface area (Å²) in [6, 6.07) is 7.05. The maximum absolute atomic E-state index is 14.3. The molecule has 4 atom stereocenters. The third-order valence-corrected chi connectivity index (χ3v) is 7.99. The summed E-state index contributed by atoms with van der Waals surface area (Å²) in [5, 5.41) is 18.1. The largest absolute Gasteiger partial charge is 0.490 e. The number of rotatable bonds is 7. The van der Waals surface area contributed by atoms with E-state index in [4.69, 9.17) is 9.47 Å². The fourth-order valence-corrected chi connectivity index (χ4v) is 5.21. The van der Waals surface area contributed by atoms with Crippen LogP contribution in [0.15, 0.2) is 42.5 Å². The van der Waals surface area contributed by atoms with Crippen molar-refractivity contribution in [3.05, 3.63) is 53.6 Å². The van der Waals surface area contributed by atoms with Crippen LogP contribution in [0.25, 0.3) is 0 Å². The lowest BCUT2D eigenvalue weighted by molar-refractivity contribution is -0.137. The molecule has 0 bridgehead atoms. The van der Waals surface area contributed by atoms with Crippen LogP contribution in [0, 0.1) is 5.92 Å². The topological polar surface area (TPSA) is 132 Å². The number of carbonyl (C=O) groups excluding carboxylic acids is 3. The highest BCUT2D eigenvalue weighted by atomic mass is 19.4. The molecule has 1 aliphatic rings. The van der Waals surface area contributed by atoms with E-state index in [1.54, 1.807) is 31.0 Å². The molecule has 1 heterocycles. The van der Waals surface area contributed by atoms with E-state index in [9.17, 15) is 32.7 Å². The molecule has 11 nitrogen and oxygen atoms in total. The molecule has 3 rings (SSSR count). The van der Waals surface area contributed by atoms with E-state index in [2.05, 4.69) is 16.0 Å². The van der Waals surface area contributed by atoms with Crippen molar-refractivity contribution in [1.29, 1.82) is 0 Å². The Morgan fingerprint density at radius 3 is 2.31 bits per heavy atom. The van der Waals surface area contributed by atoms with Crippen LogP contribution in [-0.4, -0.2) is 90.5 Å². The van der Waals surface area contributed by atoms with Crippen LogP contribution in [0.1, 0.15) is 69.8 Å². The lowest BCUT2D eigenvalue weighted by atomic mass is 10.0. The minimum Gasteiger partial charge on any atom is -0.490 e. The molecular formula is C34H48F3N5O6. The van der Waals surface area contributed by atoms with Crippen LogP contribution in [0.2, 0.25) is 0 Å². The zero-order valence-electron chi connectivity index (χ0n) is 28.4. The lowest BCUT2D eigenvalue weighted by Gasteiger charge is -2.36. The summed E-state index contributed by atoms with van der Waals surface area (Å²) in [6.07, 6.45) is -2.93. The Morgan fingerprint density at radius 1 is 1.04 bits per heavy atom. The molecule has 0 saturated carbocycles. The van der Waals surface area contributed by atoms with Gasteiger partial charge < -0.3 is 40.3 Å². The summed E-state index contributed by atoms with van der Waals surface area (Å²) >= 11 is 0. The average Bonchev–Trinajstić information content (AvgIpc) is 3.01. The van der Waals surface area contributed by atoms with Crippen molar-refractivity contribution in [2.75, 3.05) is 44.0 Å². The molecule has 48 heavy (non-hydrogen) atoms. The molecule has 0 radical (unpaired) electrons.